The minimum absolute atomic E-state index is 0.0267. The monoisotopic (exact) mass is 260 g/mol. The van der Waals surface area contributed by atoms with E-state index in [1.54, 1.807) is 30.9 Å². The molecule has 100 valence electrons. The van der Waals surface area contributed by atoms with Gasteiger partial charge in [0.25, 0.3) is 5.56 Å². The van der Waals surface area contributed by atoms with Crippen LogP contribution in [0.1, 0.15) is 6.92 Å². The summed E-state index contributed by atoms with van der Waals surface area (Å²) in [4.78, 5) is 27.2. The van der Waals surface area contributed by atoms with Gasteiger partial charge in [0.15, 0.2) is 0 Å². The fourth-order valence-electron chi connectivity index (χ4n) is 1.82. The summed E-state index contributed by atoms with van der Waals surface area (Å²) in [5.41, 5.74) is -0.181. The lowest BCUT2D eigenvalue weighted by molar-refractivity contribution is -0.122. The van der Waals surface area contributed by atoms with E-state index in [1.165, 1.54) is 10.6 Å². The van der Waals surface area contributed by atoms with Crippen molar-refractivity contribution in [1.29, 1.82) is 0 Å². The maximum absolute atomic E-state index is 11.8. The lowest BCUT2D eigenvalue weighted by Crippen LogP contribution is -2.39. The average Bonchev–Trinajstić information content (AvgIpc) is 2.84. The molecule has 0 radical (unpaired) electrons. The number of aromatic nitrogens is 3. The van der Waals surface area contributed by atoms with E-state index in [2.05, 4.69) is 10.3 Å². The minimum Gasteiger partial charge on any atom is -0.350 e. The maximum Gasteiger partial charge on any atom is 0.250 e. The van der Waals surface area contributed by atoms with Crippen molar-refractivity contribution >= 4 is 5.91 Å². The molecular weight excluding hydrogens is 244 g/mol. The Balaban J connectivity index is 1.87. The van der Waals surface area contributed by atoms with E-state index in [0.717, 1.165) is 0 Å². The first-order valence-electron chi connectivity index (χ1n) is 6.06. The first kappa shape index (κ1) is 13.1. The molecule has 0 saturated carbocycles. The molecule has 0 aromatic carbocycles. The quantitative estimate of drug-likeness (QED) is 0.838. The fourth-order valence-corrected chi connectivity index (χ4v) is 1.82. The van der Waals surface area contributed by atoms with Crippen molar-refractivity contribution in [2.24, 2.45) is 0 Å². The first-order valence-corrected chi connectivity index (χ1v) is 6.06. The van der Waals surface area contributed by atoms with Crippen LogP contribution in [0.5, 0.6) is 0 Å². The number of hydrogen-bond donors (Lipinski definition) is 1. The summed E-state index contributed by atoms with van der Waals surface area (Å²) in [5.74, 6) is -0.180. The summed E-state index contributed by atoms with van der Waals surface area (Å²) in [7, 11) is 0. The van der Waals surface area contributed by atoms with Crippen LogP contribution in [0.15, 0.2) is 47.9 Å². The van der Waals surface area contributed by atoms with Crippen LogP contribution in [0.4, 0.5) is 0 Å². The summed E-state index contributed by atoms with van der Waals surface area (Å²) in [6.07, 6.45) is 6.83. The molecular formula is C13H16N4O2. The molecule has 2 aromatic rings. The zero-order chi connectivity index (χ0) is 13.7. The van der Waals surface area contributed by atoms with E-state index in [-0.39, 0.29) is 24.1 Å². The van der Waals surface area contributed by atoms with Crippen molar-refractivity contribution in [3.63, 3.8) is 0 Å². The number of hydrogen-bond acceptors (Lipinski definition) is 3. The third kappa shape index (κ3) is 3.80. The summed E-state index contributed by atoms with van der Waals surface area (Å²) in [5, 5.41) is 2.85. The summed E-state index contributed by atoms with van der Waals surface area (Å²) in [6.45, 7) is 2.59. The van der Waals surface area contributed by atoms with Gasteiger partial charge in [-0.2, -0.15) is 0 Å². The normalized spacial score (nSPS) is 12.1. The molecule has 2 rings (SSSR count). The molecule has 1 unspecified atom stereocenters. The van der Waals surface area contributed by atoms with Crippen LogP contribution in [0.2, 0.25) is 0 Å². The lowest BCUT2D eigenvalue weighted by atomic mass is 10.3. The predicted molar refractivity (Wildman–Crippen MR) is 70.5 cm³/mol. The van der Waals surface area contributed by atoms with Crippen LogP contribution in [0.3, 0.4) is 0 Å². The molecule has 2 aromatic heterocycles. The van der Waals surface area contributed by atoms with Gasteiger partial charge >= 0.3 is 0 Å². The standard InChI is InChI=1S/C13H16N4O2/c1-11(8-16-7-5-14-10-16)15-12(18)9-17-6-3-2-4-13(17)19/h2-7,10-11H,8-9H2,1H3,(H,15,18). The molecule has 0 saturated heterocycles. The van der Waals surface area contributed by atoms with E-state index in [1.807, 2.05) is 17.7 Å². The third-order valence-corrected chi connectivity index (χ3v) is 2.66. The van der Waals surface area contributed by atoms with Crippen molar-refractivity contribution in [1.82, 2.24) is 19.4 Å². The molecule has 0 aliphatic rings. The number of nitrogens with one attached hydrogen (secondary N) is 1. The van der Waals surface area contributed by atoms with Crippen molar-refractivity contribution in [3.05, 3.63) is 53.5 Å². The first-order chi connectivity index (χ1) is 9.15. The van der Waals surface area contributed by atoms with E-state index >= 15 is 0 Å². The van der Waals surface area contributed by atoms with Crippen LogP contribution in [0, 0.1) is 0 Å². The SMILES string of the molecule is CC(Cn1ccnc1)NC(=O)Cn1ccccc1=O. The third-order valence-electron chi connectivity index (χ3n) is 2.66. The molecule has 1 amide bonds. The van der Waals surface area contributed by atoms with Gasteiger partial charge in [0, 0.05) is 37.2 Å². The maximum atomic E-state index is 11.8. The van der Waals surface area contributed by atoms with Gasteiger partial charge < -0.3 is 14.5 Å². The number of nitrogens with zero attached hydrogens (tertiary/aromatic N) is 3. The predicted octanol–water partition coefficient (Wildman–Crippen LogP) is 0.250. The highest BCUT2D eigenvalue weighted by Crippen LogP contribution is 1.92. The second kappa shape index (κ2) is 5.99. The Kier molecular flexibility index (Phi) is 4.12. The molecule has 1 N–H and O–H groups in total. The highest BCUT2D eigenvalue weighted by Gasteiger charge is 2.08. The number of pyridine rings is 1. The van der Waals surface area contributed by atoms with E-state index in [0.29, 0.717) is 6.54 Å². The van der Waals surface area contributed by atoms with Crippen LogP contribution in [0.25, 0.3) is 0 Å². The summed E-state index contributed by atoms with van der Waals surface area (Å²) < 4.78 is 3.26. The number of imidazole rings is 1. The molecule has 0 bridgehead atoms. The number of carbonyl (C=O) groups excluding carboxylic acids is 1. The Morgan fingerprint density at radius 2 is 2.26 bits per heavy atom. The van der Waals surface area contributed by atoms with Gasteiger partial charge in [-0.15, -0.1) is 0 Å². The molecule has 2 heterocycles. The Bertz CT molecular complexity index is 589. The van der Waals surface area contributed by atoms with Crippen LogP contribution < -0.4 is 10.9 Å². The number of rotatable bonds is 5. The molecule has 0 aliphatic heterocycles. The van der Waals surface area contributed by atoms with Crippen molar-refractivity contribution in [3.8, 4) is 0 Å². The van der Waals surface area contributed by atoms with Gasteiger partial charge in [-0.25, -0.2) is 4.98 Å². The second-order valence-corrected chi connectivity index (χ2v) is 4.39. The average molecular weight is 260 g/mol. The highest BCUT2D eigenvalue weighted by atomic mass is 16.2. The molecule has 6 heteroatoms. The lowest BCUT2D eigenvalue weighted by Gasteiger charge is -2.14. The Hall–Kier alpha value is -2.37. The Morgan fingerprint density at radius 1 is 1.42 bits per heavy atom. The minimum atomic E-state index is -0.181. The van der Waals surface area contributed by atoms with Crippen molar-refractivity contribution in [2.75, 3.05) is 0 Å². The Morgan fingerprint density at radius 3 is 2.95 bits per heavy atom. The van der Waals surface area contributed by atoms with E-state index in [4.69, 9.17) is 0 Å². The van der Waals surface area contributed by atoms with Gasteiger partial charge in [0.05, 0.1) is 6.33 Å². The van der Waals surface area contributed by atoms with Gasteiger partial charge in [-0.05, 0) is 13.0 Å². The zero-order valence-corrected chi connectivity index (χ0v) is 10.7. The zero-order valence-electron chi connectivity index (χ0n) is 10.7. The van der Waals surface area contributed by atoms with Gasteiger partial charge in [0.1, 0.15) is 6.54 Å². The van der Waals surface area contributed by atoms with E-state index in [9.17, 15) is 9.59 Å². The molecule has 0 spiro atoms. The smallest absolute Gasteiger partial charge is 0.250 e. The summed E-state index contributed by atoms with van der Waals surface area (Å²) in [6, 6.07) is 4.78. The van der Waals surface area contributed by atoms with Gasteiger partial charge in [-0.1, -0.05) is 6.07 Å². The fraction of sp³-hybridized carbons (Fsp3) is 0.308. The van der Waals surface area contributed by atoms with Gasteiger partial charge in [0.2, 0.25) is 5.91 Å². The molecule has 6 nitrogen and oxygen atoms in total. The number of amides is 1. The van der Waals surface area contributed by atoms with E-state index < -0.39 is 0 Å². The van der Waals surface area contributed by atoms with Crippen LogP contribution >= 0.6 is 0 Å². The second-order valence-electron chi connectivity index (χ2n) is 4.39. The Labute approximate surface area is 110 Å². The highest BCUT2D eigenvalue weighted by molar-refractivity contribution is 5.75. The topological polar surface area (TPSA) is 68.9 Å². The number of carbonyl (C=O) groups is 1. The van der Waals surface area contributed by atoms with Gasteiger partial charge in [-0.3, -0.25) is 9.59 Å². The van der Waals surface area contributed by atoms with Crippen LogP contribution in [-0.2, 0) is 17.9 Å². The van der Waals surface area contributed by atoms with Crippen molar-refractivity contribution in [2.45, 2.75) is 26.1 Å². The molecule has 19 heavy (non-hydrogen) atoms. The molecule has 0 aliphatic carbocycles. The van der Waals surface area contributed by atoms with Crippen LogP contribution in [-0.4, -0.2) is 26.1 Å². The largest absolute Gasteiger partial charge is 0.350 e. The molecule has 1 atom stereocenters. The van der Waals surface area contributed by atoms with Crippen molar-refractivity contribution < 1.29 is 4.79 Å². The molecule has 0 fully saturated rings. The summed E-state index contributed by atoms with van der Waals surface area (Å²) >= 11 is 0.